The molecule has 0 radical (unpaired) electrons. The molecule has 2 aromatic rings. The van der Waals surface area contributed by atoms with Gasteiger partial charge in [0.1, 0.15) is 0 Å². The summed E-state index contributed by atoms with van der Waals surface area (Å²) in [6.45, 7) is 6.01. The van der Waals surface area contributed by atoms with E-state index in [9.17, 15) is 4.79 Å². The third kappa shape index (κ3) is 4.93. The van der Waals surface area contributed by atoms with Gasteiger partial charge in [0.15, 0.2) is 0 Å². The zero-order valence-electron chi connectivity index (χ0n) is 15.7. The molecule has 1 N–H and O–H groups in total. The van der Waals surface area contributed by atoms with Gasteiger partial charge in [-0.1, -0.05) is 12.1 Å². The third-order valence-electron chi connectivity index (χ3n) is 4.92. The van der Waals surface area contributed by atoms with E-state index in [4.69, 9.17) is 4.74 Å². The third-order valence-corrected chi connectivity index (χ3v) is 5.91. The summed E-state index contributed by atoms with van der Waals surface area (Å²) in [5.74, 6) is 0.632. The average Bonchev–Trinajstić information content (AvgIpc) is 3.10. The minimum absolute atomic E-state index is 0.0708. The maximum atomic E-state index is 13.0. The topological polar surface area (TPSA) is 41.6 Å². The number of piperidine rings is 1. The van der Waals surface area contributed by atoms with Crippen molar-refractivity contribution in [1.29, 1.82) is 0 Å². The van der Waals surface area contributed by atoms with E-state index >= 15 is 0 Å². The first-order chi connectivity index (χ1) is 12.7. The van der Waals surface area contributed by atoms with Crippen molar-refractivity contribution in [3.8, 4) is 0 Å². The van der Waals surface area contributed by atoms with E-state index in [0.29, 0.717) is 25.6 Å². The van der Waals surface area contributed by atoms with E-state index in [2.05, 4.69) is 36.5 Å². The van der Waals surface area contributed by atoms with E-state index in [0.717, 1.165) is 18.7 Å². The normalized spacial score (nSPS) is 17.2. The Hall–Kier alpha value is -1.69. The fourth-order valence-corrected chi connectivity index (χ4v) is 4.33. The molecule has 1 aromatic heterocycles. The monoisotopic (exact) mass is 372 g/mol. The summed E-state index contributed by atoms with van der Waals surface area (Å²) in [7, 11) is 1.67. The molecule has 3 rings (SSSR count). The molecule has 0 unspecified atom stereocenters. The number of nitrogens with zero attached hydrogens (tertiary/aromatic N) is 1. The maximum absolute atomic E-state index is 13.0. The van der Waals surface area contributed by atoms with Gasteiger partial charge >= 0.3 is 0 Å². The predicted octanol–water partition coefficient (Wildman–Crippen LogP) is 3.81. The second kappa shape index (κ2) is 9.31. The average molecular weight is 373 g/mol. The minimum Gasteiger partial charge on any atom is -0.383 e. The molecule has 140 valence electrons. The molecule has 0 aliphatic carbocycles. The van der Waals surface area contributed by atoms with Crippen molar-refractivity contribution in [2.75, 3.05) is 33.4 Å². The lowest BCUT2D eigenvalue weighted by atomic mass is 9.91. The number of hydrogen-bond acceptors (Lipinski definition) is 4. The van der Waals surface area contributed by atoms with Gasteiger partial charge in [-0.3, -0.25) is 4.79 Å². The highest BCUT2D eigenvalue weighted by atomic mass is 32.1. The SMILES string of the molecule is COCCN(Cc1ccc(C)s1)C(=O)c1ccc([C@@H]2CCCNC2)cc1. The number of rotatable bonds is 7. The molecule has 1 amide bonds. The number of ether oxygens (including phenoxy) is 1. The molecule has 1 saturated heterocycles. The van der Waals surface area contributed by atoms with Crippen LogP contribution in [0.3, 0.4) is 0 Å². The molecule has 1 aliphatic heterocycles. The Morgan fingerprint density at radius 1 is 1.27 bits per heavy atom. The summed E-state index contributed by atoms with van der Waals surface area (Å²) < 4.78 is 5.20. The van der Waals surface area contributed by atoms with Gasteiger partial charge in [0, 0.05) is 35.5 Å². The molecule has 4 nitrogen and oxygen atoms in total. The lowest BCUT2D eigenvalue weighted by Gasteiger charge is -2.24. The van der Waals surface area contributed by atoms with Crippen molar-refractivity contribution < 1.29 is 9.53 Å². The Labute approximate surface area is 160 Å². The van der Waals surface area contributed by atoms with Crippen molar-refractivity contribution in [1.82, 2.24) is 10.2 Å². The molecule has 0 saturated carbocycles. The van der Waals surface area contributed by atoms with Crippen LogP contribution in [0.4, 0.5) is 0 Å². The molecule has 1 atom stereocenters. The molecular formula is C21H28N2O2S. The smallest absolute Gasteiger partial charge is 0.254 e. The number of benzene rings is 1. The summed E-state index contributed by atoms with van der Waals surface area (Å²) in [6, 6.07) is 12.4. The van der Waals surface area contributed by atoms with Crippen LogP contribution >= 0.6 is 11.3 Å². The second-order valence-electron chi connectivity index (χ2n) is 6.90. The number of hydrogen-bond donors (Lipinski definition) is 1. The summed E-state index contributed by atoms with van der Waals surface area (Å²) in [5, 5.41) is 3.45. The zero-order chi connectivity index (χ0) is 18.4. The van der Waals surface area contributed by atoms with Crippen LogP contribution in [0.5, 0.6) is 0 Å². The fourth-order valence-electron chi connectivity index (χ4n) is 3.43. The quantitative estimate of drug-likeness (QED) is 0.803. The van der Waals surface area contributed by atoms with Crippen LogP contribution in [0.1, 0.15) is 44.4 Å². The van der Waals surface area contributed by atoms with Crippen LogP contribution in [0, 0.1) is 6.92 Å². The molecule has 26 heavy (non-hydrogen) atoms. The van der Waals surface area contributed by atoms with Crippen LogP contribution in [0.15, 0.2) is 36.4 Å². The summed E-state index contributed by atoms with van der Waals surface area (Å²) in [6.07, 6.45) is 2.44. The first-order valence-electron chi connectivity index (χ1n) is 9.31. The number of nitrogens with one attached hydrogen (secondary N) is 1. The standard InChI is InChI=1S/C21H28N2O2S/c1-16-5-10-20(26-16)15-23(12-13-25-2)21(24)18-8-6-17(7-9-18)19-4-3-11-22-14-19/h5-10,19,22H,3-4,11-15H2,1-2H3/t19-/m1/s1. The molecular weight excluding hydrogens is 344 g/mol. The number of amides is 1. The highest BCUT2D eigenvalue weighted by molar-refractivity contribution is 7.11. The minimum atomic E-state index is 0.0708. The molecule has 0 spiro atoms. The van der Waals surface area contributed by atoms with Crippen LogP contribution in [0.25, 0.3) is 0 Å². The molecule has 1 fully saturated rings. The fraction of sp³-hybridized carbons (Fsp3) is 0.476. The lowest BCUT2D eigenvalue weighted by molar-refractivity contribution is 0.0682. The van der Waals surface area contributed by atoms with Gasteiger partial charge in [0.25, 0.3) is 5.91 Å². The van der Waals surface area contributed by atoms with Crippen LogP contribution in [0.2, 0.25) is 0 Å². The van der Waals surface area contributed by atoms with Gasteiger partial charge in [0.2, 0.25) is 0 Å². The second-order valence-corrected chi connectivity index (χ2v) is 8.27. The summed E-state index contributed by atoms with van der Waals surface area (Å²) >= 11 is 1.74. The van der Waals surface area contributed by atoms with Crippen molar-refractivity contribution in [2.45, 2.75) is 32.2 Å². The first-order valence-corrected chi connectivity index (χ1v) is 10.1. The zero-order valence-corrected chi connectivity index (χ0v) is 16.5. The van der Waals surface area contributed by atoms with E-state index < -0.39 is 0 Å². The van der Waals surface area contributed by atoms with Gasteiger partial charge in [-0.15, -0.1) is 11.3 Å². The van der Waals surface area contributed by atoms with Crippen molar-refractivity contribution in [2.24, 2.45) is 0 Å². The van der Waals surface area contributed by atoms with Crippen LogP contribution in [-0.2, 0) is 11.3 Å². The molecule has 0 bridgehead atoms. The molecule has 2 heterocycles. The van der Waals surface area contributed by atoms with Crippen molar-refractivity contribution >= 4 is 17.2 Å². The number of methoxy groups -OCH3 is 1. The number of carbonyl (C=O) groups is 1. The van der Waals surface area contributed by atoms with E-state index in [1.807, 2.05) is 17.0 Å². The maximum Gasteiger partial charge on any atom is 0.254 e. The Kier molecular flexibility index (Phi) is 6.83. The van der Waals surface area contributed by atoms with Gasteiger partial charge in [-0.2, -0.15) is 0 Å². The Morgan fingerprint density at radius 3 is 2.69 bits per heavy atom. The van der Waals surface area contributed by atoms with Crippen molar-refractivity contribution in [3.63, 3.8) is 0 Å². The Morgan fingerprint density at radius 2 is 2.08 bits per heavy atom. The molecule has 1 aromatic carbocycles. The highest BCUT2D eigenvalue weighted by Crippen LogP contribution is 2.24. The van der Waals surface area contributed by atoms with E-state index in [-0.39, 0.29) is 5.91 Å². The van der Waals surface area contributed by atoms with Gasteiger partial charge in [0.05, 0.1) is 13.2 Å². The highest BCUT2D eigenvalue weighted by Gasteiger charge is 2.19. The number of thiophene rings is 1. The van der Waals surface area contributed by atoms with Crippen LogP contribution < -0.4 is 5.32 Å². The molecule has 1 aliphatic rings. The van der Waals surface area contributed by atoms with E-state index in [1.165, 1.54) is 28.2 Å². The van der Waals surface area contributed by atoms with Gasteiger partial charge in [-0.25, -0.2) is 0 Å². The largest absolute Gasteiger partial charge is 0.383 e. The lowest BCUT2D eigenvalue weighted by Crippen LogP contribution is -2.33. The number of aryl methyl sites for hydroxylation is 1. The summed E-state index contributed by atoms with van der Waals surface area (Å²) in [4.78, 5) is 17.4. The predicted molar refractivity (Wildman–Crippen MR) is 107 cm³/mol. The summed E-state index contributed by atoms with van der Waals surface area (Å²) in [5.41, 5.74) is 2.08. The van der Waals surface area contributed by atoms with Gasteiger partial charge in [-0.05, 0) is 62.1 Å². The first kappa shape index (κ1) is 19.1. The van der Waals surface area contributed by atoms with Crippen LogP contribution in [-0.4, -0.2) is 44.2 Å². The van der Waals surface area contributed by atoms with Gasteiger partial charge < -0.3 is 15.0 Å². The Balaban J connectivity index is 1.70. The van der Waals surface area contributed by atoms with Crippen molar-refractivity contribution in [3.05, 3.63) is 57.3 Å². The number of carbonyl (C=O) groups excluding carboxylic acids is 1. The Bertz CT molecular complexity index is 705. The molecule has 5 heteroatoms. The van der Waals surface area contributed by atoms with E-state index in [1.54, 1.807) is 18.4 Å².